The second-order valence-corrected chi connectivity index (χ2v) is 8.12. The number of likely N-dealkylation sites (tertiary alicyclic amines) is 1. The number of piperidine rings is 1. The third-order valence-corrected chi connectivity index (χ3v) is 5.20. The third-order valence-electron chi connectivity index (χ3n) is 5.20. The number of urea groups is 1. The molecule has 7 nitrogen and oxygen atoms in total. The van der Waals surface area contributed by atoms with Gasteiger partial charge in [0.2, 0.25) is 0 Å². The number of anilines is 1. The van der Waals surface area contributed by atoms with E-state index in [9.17, 15) is 14.4 Å². The minimum atomic E-state index is -0.480. The van der Waals surface area contributed by atoms with E-state index in [-0.39, 0.29) is 12.6 Å². The SMILES string of the molecule is Cc1ccc(N(C(=O)CNC(=O)c2cccnc2)C(=O)N2C[C@H](C)C[C@H](C)C2)cc1. The lowest BCUT2D eigenvalue weighted by atomic mass is 9.92. The van der Waals surface area contributed by atoms with Crippen LogP contribution in [0.3, 0.4) is 0 Å². The van der Waals surface area contributed by atoms with Crippen LogP contribution in [0.1, 0.15) is 36.2 Å². The summed E-state index contributed by atoms with van der Waals surface area (Å²) >= 11 is 0. The number of hydrogen-bond acceptors (Lipinski definition) is 4. The van der Waals surface area contributed by atoms with Gasteiger partial charge in [-0.2, -0.15) is 0 Å². The molecule has 1 aromatic carbocycles. The van der Waals surface area contributed by atoms with Crippen LogP contribution in [-0.2, 0) is 4.79 Å². The number of aromatic nitrogens is 1. The summed E-state index contributed by atoms with van der Waals surface area (Å²) in [5.41, 5.74) is 1.89. The molecule has 2 heterocycles. The zero-order valence-corrected chi connectivity index (χ0v) is 17.7. The number of aryl methyl sites for hydroxylation is 1. The van der Waals surface area contributed by atoms with Crippen LogP contribution < -0.4 is 10.2 Å². The van der Waals surface area contributed by atoms with Gasteiger partial charge in [0.05, 0.1) is 17.8 Å². The highest BCUT2D eigenvalue weighted by atomic mass is 16.2. The van der Waals surface area contributed by atoms with E-state index in [1.54, 1.807) is 35.4 Å². The first kappa shape index (κ1) is 21.5. The Kier molecular flexibility index (Phi) is 6.82. The largest absolute Gasteiger partial charge is 0.343 e. The Morgan fingerprint density at radius 3 is 2.37 bits per heavy atom. The second-order valence-electron chi connectivity index (χ2n) is 8.12. The molecule has 4 amide bonds. The van der Waals surface area contributed by atoms with Gasteiger partial charge in [0.1, 0.15) is 0 Å². The number of carbonyl (C=O) groups is 3. The molecule has 0 radical (unpaired) electrons. The van der Waals surface area contributed by atoms with Crippen molar-refractivity contribution in [1.82, 2.24) is 15.2 Å². The molecule has 0 bridgehead atoms. The van der Waals surface area contributed by atoms with Crippen molar-refractivity contribution in [3.8, 4) is 0 Å². The Hall–Kier alpha value is -3.22. The number of benzene rings is 1. The predicted molar refractivity (Wildman–Crippen MR) is 115 cm³/mol. The van der Waals surface area contributed by atoms with E-state index in [1.807, 2.05) is 19.1 Å². The standard InChI is InChI=1S/C23H28N4O3/c1-16-6-8-20(9-7-16)27(23(30)26-14-17(2)11-18(3)15-26)21(28)13-25-22(29)19-5-4-10-24-12-19/h4-10,12,17-18H,11,13-15H2,1-3H3,(H,25,29)/t17-,18+. The van der Waals surface area contributed by atoms with Crippen LogP contribution in [0.15, 0.2) is 48.8 Å². The average molecular weight is 409 g/mol. The molecule has 7 heteroatoms. The molecule has 1 saturated heterocycles. The highest BCUT2D eigenvalue weighted by Gasteiger charge is 2.32. The van der Waals surface area contributed by atoms with Crippen molar-refractivity contribution in [3.63, 3.8) is 0 Å². The van der Waals surface area contributed by atoms with Crippen LogP contribution in [0.4, 0.5) is 10.5 Å². The molecule has 158 valence electrons. The number of nitrogens with zero attached hydrogens (tertiary/aromatic N) is 3. The molecule has 30 heavy (non-hydrogen) atoms. The number of rotatable bonds is 4. The third kappa shape index (κ3) is 5.23. The molecular formula is C23H28N4O3. The zero-order chi connectivity index (χ0) is 21.7. The summed E-state index contributed by atoms with van der Waals surface area (Å²) in [6.45, 7) is 7.11. The van der Waals surface area contributed by atoms with Crippen LogP contribution in [0.5, 0.6) is 0 Å². The van der Waals surface area contributed by atoms with Gasteiger partial charge in [-0.3, -0.25) is 14.6 Å². The number of amides is 4. The van der Waals surface area contributed by atoms with Gasteiger partial charge in [0.15, 0.2) is 0 Å². The topological polar surface area (TPSA) is 82.6 Å². The Morgan fingerprint density at radius 2 is 1.77 bits per heavy atom. The van der Waals surface area contributed by atoms with Gasteiger partial charge in [-0.05, 0) is 49.4 Å². The molecule has 0 aliphatic carbocycles. The molecular weight excluding hydrogens is 380 g/mol. The Labute approximate surface area is 177 Å². The summed E-state index contributed by atoms with van der Waals surface area (Å²) < 4.78 is 0. The zero-order valence-electron chi connectivity index (χ0n) is 17.7. The van der Waals surface area contributed by atoms with E-state index in [2.05, 4.69) is 24.1 Å². The van der Waals surface area contributed by atoms with Crippen LogP contribution in [0.2, 0.25) is 0 Å². The molecule has 1 fully saturated rings. The van der Waals surface area contributed by atoms with Gasteiger partial charge in [0, 0.05) is 25.5 Å². The van der Waals surface area contributed by atoms with E-state index in [0.717, 1.165) is 12.0 Å². The molecule has 1 aromatic heterocycles. The maximum atomic E-state index is 13.3. The second kappa shape index (κ2) is 9.52. The normalized spacial score (nSPS) is 18.6. The highest BCUT2D eigenvalue weighted by Crippen LogP contribution is 2.24. The molecule has 2 atom stereocenters. The maximum Gasteiger partial charge on any atom is 0.331 e. The van der Waals surface area contributed by atoms with Crippen LogP contribution >= 0.6 is 0 Å². The minimum Gasteiger partial charge on any atom is -0.343 e. The van der Waals surface area contributed by atoms with Gasteiger partial charge in [-0.25, -0.2) is 9.69 Å². The fourth-order valence-electron chi connectivity index (χ4n) is 3.85. The monoisotopic (exact) mass is 408 g/mol. The molecule has 0 spiro atoms. The highest BCUT2D eigenvalue weighted by molar-refractivity contribution is 6.15. The number of hydrogen-bond donors (Lipinski definition) is 1. The fourth-order valence-corrected chi connectivity index (χ4v) is 3.85. The molecule has 1 N–H and O–H groups in total. The van der Waals surface area contributed by atoms with Crippen molar-refractivity contribution >= 4 is 23.5 Å². The smallest absolute Gasteiger partial charge is 0.331 e. The predicted octanol–water partition coefficient (Wildman–Crippen LogP) is 3.25. The summed E-state index contributed by atoms with van der Waals surface area (Å²) in [6, 6.07) is 10.1. The fraction of sp³-hybridized carbons (Fsp3) is 0.391. The van der Waals surface area contributed by atoms with Crippen molar-refractivity contribution in [2.75, 3.05) is 24.5 Å². The minimum absolute atomic E-state index is 0.285. The van der Waals surface area contributed by atoms with Crippen molar-refractivity contribution in [2.24, 2.45) is 11.8 Å². The summed E-state index contributed by atoms with van der Waals surface area (Å²) in [5, 5.41) is 2.59. The lowest BCUT2D eigenvalue weighted by molar-refractivity contribution is -0.117. The molecule has 3 rings (SSSR count). The van der Waals surface area contributed by atoms with E-state index in [0.29, 0.717) is 36.2 Å². The van der Waals surface area contributed by atoms with E-state index >= 15 is 0 Å². The van der Waals surface area contributed by atoms with Crippen LogP contribution in [0.25, 0.3) is 0 Å². The van der Waals surface area contributed by atoms with Crippen molar-refractivity contribution < 1.29 is 14.4 Å². The Bertz CT molecular complexity index is 888. The molecule has 0 unspecified atom stereocenters. The quantitative estimate of drug-likeness (QED) is 0.842. The molecule has 1 aliphatic heterocycles. The summed E-state index contributed by atoms with van der Waals surface area (Å²) in [4.78, 5) is 45.5. The van der Waals surface area contributed by atoms with E-state index in [4.69, 9.17) is 0 Å². The lowest BCUT2D eigenvalue weighted by Gasteiger charge is -2.37. The van der Waals surface area contributed by atoms with Crippen LogP contribution in [0, 0.1) is 18.8 Å². The maximum absolute atomic E-state index is 13.3. The van der Waals surface area contributed by atoms with Gasteiger partial charge in [-0.15, -0.1) is 0 Å². The number of carbonyl (C=O) groups excluding carboxylic acids is 3. The molecule has 1 aliphatic rings. The van der Waals surface area contributed by atoms with Gasteiger partial charge >= 0.3 is 6.03 Å². The van der Waals surface area contributed by atoms with E-state index < -0.39 is 11.8 Å². The van der Waals surface area contributed by atoms with Crippen molar-refractivity contribution in [3.05, 3.63) is 59.9 Å². The Morgan fingerprint density at radius 1 is 1.10 bits per heavy atom. The Balaban J connectivity index is 1.78. The lowest BCUT2D eigenvalue weighted by Crippen LogP contribution is -2.53. The number of nitrogens with one attached hydrogen (secondary N) is 1. The molecule has 2 aromatic rings. The van der Waals surface area contributed by atoms with Crippen molar-refractivity contribution in [1.29, 1.82) is 0 Å². The first-order chi connectivity index (χ1) is 14.3. The van der Waals surface area contributed by atoms with Crippen molar-refractivity contribution in [2.45, 2.75) is 27.2 Å². The van der Waals surface area contributed by atoms with E-state index in [1.165, 1.54) is 11.1 Å². The van der Waals surface area contributed by atoms with Gasteiger partial charge < -0.3 is 10.2 Å². The first-order valence-corrected chi connectivity index (χ1v) is 10.2. The summed E-state index contributed by atoms with van der Waals surface area (Å²) in [7, 11) is 0. The van der Waals surface area contributed by atoms with Gasteiger partial charge in [0.25, 0.3) is 11.8 Å². The average Bonchev–Trinajstić information content (AvgIpc) is 2.73. The number of pyridine rings is 1. The van der Waals surface area contributed by atoms with Gasteiger partial charge in [-0.1, -0.05) is 31.5 Å². The molecule has 0 saturated carbocycles. The first-order valence-electron chi connectivity index (χ1n) is 10.2. The summed E-state index contributed by atoms with van der Waals surface area (Å²) in [5.74, 6) is -0.143. The van der Waals surface area contributed by atoms with Crippen LogP contribution in [-0.4, -0.2) is 47.4 Å². The number of imide groups is 1. The summed E-state index contributed by atoms with van der Waals surface area (Å²) in [6.07, 6.45) is 4.06.